The lowest BCUT2D eigenvalue weighted by atomic mass is 9.70. The highest BCUT2D eigenvalue weighted by molar-refractivity contribution is 5.73. The zero-order valence-corrected chi connectivity index (χ0v) is 27.4. The predicted molar refractivity (Wildman–Crippen MR) is 187 cm³/mol. The van der Waals surface area contributed by atoms with E-state index in [1.807, 2.05) is 48.5 Å². The molecular weight excluding hydrogens is 657 g/mol. The van der Waals surface area contributed by atoms with Gasteiger partial charge < -0.3 is 0 Å². The van der Waals surface area contributed by atoms with E-state index < -0.39 is 5.41 Å². The molecule has 16 heteroatoms. The molecule has 2 aliphatic carbocycles. The molecule has 2 atom stereocenters. The van der Waals surface area contributed by atoms with E-state index in [9.17, 15) is 0 Å². The number of benzene rings is 2. The summed E-state index contributed by atoms with van der Waals surface area (Å²) in [6.45, 7) is 0. The van der Waals surface area contributed by atoms with Crippen LogP contribution in [-0.4, -0.2) is 81.2 Å². The maximum absolute atomic E-state index is 4.55. The van der Waals surface area contributed by atoms with E-state index in [-0.39, 0.29) is 5.41 Å². The third kappa shape index (κ3) is 5.25. The molecule has 2 aromatic carbocycles. The van der Waals surface area contributed by atoms with E-state index in [2.05, 4.69) is 125 Å². The van der Waals surface area contributed by atoms with Crippen LogP contribution in [-0.2, 0) is 23.7 Å². The van der Waals surface area contributed by atoms with Gasteiger partial charge >= 0.3 is 0 Å². The number of hydrogen-bond acceptors (Lipinski definition) is 12. The highest BCUT2D eigenvalue weighted by Gasteiger charge is 2.39. The average molecular weight is 685 g/mol. The number of H-pyrrole nitrogens is 3. The Balaban J connectivity index is 0.000000138. The minimum atomic E-state index is -0.391. The Morgan fingerprint density at radius 2 is 1.27 bits per heavy atom. The van der Waals surface area contributed by atoms with Crippen molar-refractivity contribution in [3.05, 3.63) is 161 Å². The first-order chi connectivity index (χ1) is 25.7. The Kier molecular flexibility index (Phi) is 7.57. The van der Waals surface area contributed by atoms with Crippen molar-refractivity contribution in [2.24, 2.45) is 0 Å². The van der Waals surface area contributed by atoms with E-state index in [0.29, 0.717) is 30.2 Å². The van der Waals surface area contributed by atoms with Crippen molar-refractivity contribution in [1.82, 2.24) is 81.2 Å². The van der Waals surface area contributed by atoms with Crippen LogP contribution in [0.2, 0.25) is 0 Å². The molecule has 8 aromatic rings. The maximum Gasteiger partial charge on any atom is 0.225 e. The molecule has 0 radical (unpaired) electrons. The van der Waals surface area contributed by atoms with Crippen molar-refractivity contribution in [1.29, 1.82) is 0 Å². The lowest BCUT2D eigenvalue weighted by Gasteiger charge is -2.33. The van der Waals surface area contributed by atoms with E-state index in [4.69, 9.17) is 0 Å². The van der Waals surface area contributed by atoms with Gasteiger partial charge in [-0.05, 0) is 38.9 Å². The van der Waals surface area contributed by atoms with Gasteiger partial charge in [0.25, 0.3) is 0 Å². The number of allylic oxidation sites excluding steroid dienone is 2. The largest absolute Gasteiger partial charge is 0.281 e. The van der Waals surface area contributed by atoms with Crippen LogP contribution in [0.1, 0.15) is 45.0 Å². The zero-order valence-electron chi connectivity index (χ0n) is 27.4. The van der Waals surface area contributed by atoms with Crippen molar-refractivity contribution in [2.75, 3.05) is 0 Å². The molecule has 2 aliphatic rings. The van der Waals surface area contributed by atoms with Crippen molar-refractivity contribution in [3.8, 4) is 17.3 Å². The Bertz CT molecular complexity index is 2200. The van der Waals surface area contributed by atoms with Gasteiger partial charge in [0.1, 0.15) is 24.7 Å². The van der Waals surface area contributed by atoms with Crippen LogP contribution >= 0.6 is 0 Å². The Morgan fingerprint density at radius 3 is 1.83 bits per heavy atom. The summed E-state index contributed by atoms with van der Waals surface area (Å²) in [6.07, 6.45) is 18.1. The molecule has 52 heavy (non-hydrogen) atoms. The minimum absolute atomic E-state index is 0.387. The summed E-state index contributed by atoms with van der Waals surface area (Å²) in [5.41, 5.74) is 8.11. The lowest BCUT2D eigenvalue weighted by molar-refractivity contribution is 0.598. The fraction of sp³-hybridized carbons (Fsp3) is 0.111. The third-order valence-corrected chi connectivity index (χ3v) is 9.51. The van der Waals surface area contributed by atoms with Crippen molar-refractivity contribution < 1.29 is 0 Å². The quantitative estimate of drug-likeness (QED) is 0.229. The summed E-state index contributed by atoms with van der Waals surface area (Å²) < 4.78 is 1.56. The number of nitrogens with zero attached hydrogens (tertiary/aromatic N) is 13. The minimum Gasteiger partial charge on any atom is -0.281 e. The fourth-order valence-electron chi connectivity index (χ4n) is 7.00. The van der Waals surface area contributed by atoms with Gasteiger partial charge in [0.05, 0.1) is 22.2 Å². The molecule has 3 N–H and O–H groups in total. The van der Waals surface area contributed by atoms with Crippen molar-refractivity contribution in [3.63, 3.8) is 0 Å². The first kappa shape index (κ1) is 30.7. The van der Waals surface area contributed by atoms with Crippen LogP contribution in [0.3, 0.4) is 0 Å². The van der Waals surface area contributed by atoms with Gasteiger partial charge in [-0.15, -0.1) is 15.3 Å². The number of tetrazole rings is 2. The van der Waals surface area contributed by atoms with Gasteiger partial charge in [-0.3, -0.25) is 10.2 Å². The molecule has 2 unspecified atom stereocenters. The van der Waals surface area contributed by atoms with Gasteiger partial charge in [-0.1, -0.05) is 85.0 Å². The topological polar surface area (TPSA) is 207 Å². The normalized spacial score (nSPS) is 18.6. The Labute approximate surface area is 295 Å². The molecule has 16 nitrogen and oxygen atoms in total. The van der Waals surface area contributed by atoms with Crippen LogP contribution in [0.15, 0.2) is 116 Å². The van der Waals surface area contributed by atoms with E-state index in [1.165, 1.54) is 11.9 Å². The molecule has 10 rings (SSSR count). The third-order valence-electron chi connectivity index (χ3n) is 9.51. The molecule has 0 spiro atoms. The molecular formula is C36H28N16. The first-order valence-electron chi connectivity index (χ1n) is 16.4. The van der Waals surface area contributed by atoms with Crippen LogP contribution in [0, 0.1) is 0 Å². The molecule has 0 saturated carbocycles. The van der Waals surface area contributed by atoms with Crippen LogP contribution in [0.4, 0.5) is 0 Å². The second kappa shape index (κ2) is 12.8. The Morgan fingerprint density at radius 1 is 0.654 bits per heavy atom. The van der Waals surface area contributed by atoms with Crippen LogP contribution in [0.25, 0.3) is 29.5 Å². The van der Waals surface area contributed by atoms with E-state index >= 15 is 0 Å². The molecule has 252 valence electrons. The number of nitrogens with one attached hydrogen (secondary N) is 3. The highest BCUT2D eigenvalue weighted by atomic mass is 15.5. The predicted octanol–water partition coefficient (Wildman–Crippen LogP) is 3.67. The Hall–Kier alpha value is -7.36. The summed E-state index contributed by atoms with van der Waals surface area (Å²) in [5.74, 6) is 1.16. The van der Waals surface area contributed by atoms with Crippen LogP contribution in [0.5, 0.6) is 0 Å². The van der Waals surface area contributed by atoms with Gasteiger partial charge in [-0.2, -0.15) is 20.1 Å². The smallest absolute Gasteiger partial charge is 0.225 e. The molecule has 0 fully saturated rings. The maximum atomic E-state index is 4.55. The summed E-state index contributed by atoms with van der Waals surface area (Å²) in [6, 6.07) is 24.6. The van der Waals surface area contributed by atoms with E-state index in [1.54, 1.807) is 29.7 Å². The number of fused-ring (bicyclic) bond motifs is 2. The lowest BCUT2D eigenvalue weighted by Crippen LogP contribution is -2.31. The number of rotatable bonds is 6. The molecule has 0 saturated heterocycles. The summed E-state index contributed by atoms with van der Waals surface area (Å²) >= 11 is 0. The first-order valence-corrected chi connectivity index (χ1v) is 16.4. The molecule has 0 aliphatic heterocycles. The molecule has 6 aromatic heterocycles. The summed E-state index contributed by atoms with van der Waals surface area (Å²) in [4.78, 5) is 17.2. The average Bonchev–Trinajstić information content (AvgIpc) is 4.07. The van der Waals surface area contributed by atoms with Gasteiger partial charge in [0.2, 0.25) is 5.82 Å². The second-order valence-corrected chi connectivity index (χ2v) is 12.3. The number of aromatic amines is 3. The molecule has 0 amide bonds. The molecule has 0 bridgehead atoms. The second-order valence-electron chi connectivity index (χ2n) is 12.3. The van der Waals surface area contributed by atoms with Gasteiger partial charge in [-0.25, -0.2) is 19.9 Å². The van der Waals surface area contributed by atoms with Crippen molar-refractivity contribution >= 4 is 12.2 Å². The van der Waals surface area contributed by atoms with Crippen LogP contribution < -0.4 is 0 Å². The van der Waals surface area contributed by atoms with E-state index in [0.717, 1.165) is 39.5 Å². The standard InChI is InChI=1S/2C18H14N8/c1-2-4-13(5-3-1)18(16-7-9-19-11-20-16)8-6-14-15(10-18)22-23-17(14)26-12-21-24-25-26;1-2-4-12(5-3-1)18(15-7-9-19-11-20-15)8-6-13-14(10-18)21-22-16(13)17-23-25-26-24-17/h1-9,11-12H,10H2,(H,22,23);1-9,11H,10H2,(H,21,22)(H,23,24,25,26). The number of aromatic nitrogens is 16. The fourth-order valence-corrected chi connectivity index (χ4v) is 7.00. The highest BCUT2D eigenvalue weighted by Crippen LogP contribution is 2.42. The molecule has 6 heterocycles. The summed E-state index contributed by atoms with van der Waals surface area (Å²) in [5, 5.41) is 40.6. The van der Waals surface area contributed by atoms with Crippen molar-refractivity contribution in [2.45, 2.75) is 23.7 Å². The van der Waals surface area contributed by atoms with Gasteiger partial charge in [0.15, 0.2) is 5.82 Å². The zero-order chi connectivity index (χ0) is 34.8. The van der Waals surface area contributed by atoms with Gasteiger partial charge in [0, 0.05) is 47.8 Å². The SMILES string of the molecule is C1=CC(c2ccccc2)(c2ccncn2)Cc2[nH]nc(-c3nn[nH]n3)c21.C1=CC(c2ccccc2)(c2ccncn2)Cc2[nH]nc(-n3cnnn3)c21. The monoisotopic (exact) mass is 684 g/mol. The number of hydrogen-bond donors (Lipinski definition) is 3. The summed E-state index contributed by atoms with van der Waals surface area (Å²) in [7, 11) is 0.